The van der Waals surface area contributed by atoms with Crippen molar-refractivity contribution in [1.82, 2.24) is 4.90 Å². The smallest absolute Gasteiger partial charge is 0.350 e. The van der Waals surface area contributed by atoms with Crippen LogP contribution in [0, 0.1) is 5.82 Å². The number of ether oxygens (including phenoxy) is 1. The van der Waals surface area contributed by atoms with E-state index in [9.17, 15) is 14.0 Å². The molecule has 5 rings (SSSR count). The summed E-state index contributed by atoms with van der Waals surface area (Å²) in [6.45, 7) is 0.557. The maximum atomic E-state index is 13.7. The Balaban J connectivity index is 1.52. The molecule has 2 amide bonds. The van der Waals surface area contributed by atoms with Crippen molar-refractivity contribution in [1.29, 1.82) is 0 Å². The number of aryl methyl sites for hydroxylation is 1. The molecule has 8 heteroatoms. The Morgan fingerprint density at radius 3 is 2.66 bits per heavy atom. The van der Waals surface area contributed by atoms with E-state index in [-0.39, 0.29) is 17.9 Å². The molecule has 0 saturated carbocycles. The highest BCUT2D eigenvalue weighted by molar-refractivity contribution is 7.13. The van der Waals surface area contributed by atoms with Gasteiger partial charge in [0.2, 0.25) is 0 Å². The van der Waals surface area contributed by atoms with Crippen molar-refractivity contribution in [2.45, 2.75) is 38.1 Å². The average Bonchev–Trinajstić information content (AvgIpc) is 3.43. The lowest BCUT2D eigenvalue weighted by Crippen LogP contribution is -2.42. The van der Waals surface area contributed by atoms with Crippen LogP contribution in [0.4, 0.5) is 14.9 Å². The molecule has 2 aliphatic rings. The van der Waals surface area contributed by atoms with Crippen LogP contribution in [-0.4, -0.2) is 30.6 Å². The van der Waals surface area contributed by atoms with Crippen molar-refractivity contribution < 1.29 is 18.7 Å². The van der Waals surface area contributed by atoms with Crippen molar-refractivity contribution in [2.75, 3.05) is 19.0 Å². The Morgan fingerprint density at radius 1 is 1.09 bits per heavy atom. The minimum Gasteiger partial charge on any atom is -0.465 e. The zero-order valence-corrected chi connectivity index (χ0v) is 19.3. The number of benzene rings is 1. The SMILES string of the molecule is COC(=O)c1sccc1NC(=O)N1CCc2c(sc3c2CCCC3)[C@H]1c1ccc(F)cc1. The van der Waals surface area contributed by atoms with E-state index in [1.807, 2.05) is 0 Å². The number of nitrogens with zero attached hydrogens (tertiary/aromatic N) is 1. The highest BCUT2D eigenvalue weighted by Crippen LogP contribution is 2.45. The Morgan fingerprint density at radius 2 is 1.88 bits per heavy atom. The zero-order valence-electron chi connectivity index (χ0n) is 17.7. The van der Waals surface area contributed by atoms with E-state index in [2.05, 4.69) is 5.32 Å². The van der Waals surface area contributed by atoms with Gasteiger partial charge in [-0.05, 0) is 72.4 Å². The summed E-state index contributed by atoms with van der Waals surface area (Å²) in [4.78, 5) is 30.2. The summed E-state index contributed by atoms with van der Waals surface area (Å²) in [6.07, 6.45) is 5.40. The number of anilines is 1. The lowest BCUT2D eigenvalue weighted by molar-refractivity contribution is 0.0607. The molecule has 3 heterocycles. The molecule has 1 aliphatic carbocycles. The number of urea groups is 1. The number of hydrogen-bond donors (Lipinski definition) is 1. The summed E-state index contributed by atoms with van der Waals surface area (Å²) < 4.78 is 18.5. The molecule has 0 saturated heterocycles. The minimum atomic E-state index is -0.475. The lowest BCUT2D eigenvalue weighted by Gasteiger charge is -2.36. The molecule has 0 bridgehead atoms. The third-order valence-electron chi connectivity index (χ3n) is 6.20. The molecule has 166 valence electrons. The number of carbonyl (C=O) groups excluding carboxylic acids is 2. The number of thiophene rings is 2. The van der Waals surface area contributed by atoms with Crippen molar-refractivity contribution in [2.24, 2.45) is 0 Å². The molecular weight excluding hydrogens is 447 g/mol. The van der Waals surface area contributed by atoms with Gasteiger partial charge in [-0.1, -0.05) is 12.1 Å². The third-order valence-corrected chi connectivity index (χ3v) is 8.48. The average molecular weight is 471 g/mol. The fraction of sp³-hybridized carbons (Fsp3) is 0.333. The van der Waals surface area contributed by atoms with Crippen LogP contribution in [0.5, 0.6) is 0 Å². The number of nitrogens with one attached hydrogen (secondary N) is 1. The Bertz CT molecular complexity index is 1170. The van der Waals surface area contributed by atoms with Crippen LogP contribution in [0.15, 0.2) is 35.7 Å². The molecule has 1 atom stereocenters. The van der Waals surface area contributed by atoms with E-state index in [1.165, 1.54) is 64.3 Å². The highest BCUT2D eigenvalue weighted by Gasteiger charge is 2.36. The first-order valence-electron chi connectivity index (χ1n) is 10.7. The van der Waals surface area contributed by atoms with Crippen LogP contribution in [0.1, 0.15) is 55.0 Å². The molecule has 0 spiro atoms. The maximum Gasteiger partial charge on any atom is 0.350 e. The van der Waals surface area contributed by atoms with Crippen LogP contribution in [0.2, 0.25) is 0 Å². The molecule has 3 aromatic rings. The number of rotatable bonds is 3. The van der Waals surface area contributed by atoms with E-state index < -0.39 is 5.97 Å². The van der Waals surface area contributed by atoms with Gasteiger partial charge in [-0.25, -0.2) is 14.0 Å². The predicted molar refractivity (Wildman–Crippen MR) is 124 cm³/mol. The van der Waals surface area contributed by atoms with Gasteiger partial charge >= 0.3 is 12.0 Å². The second kappa shape index (κ2) is 8.67. The van der Waals surface area contributed by atoms with Crippen molar-refractivity contribution in [3.63, 3.8) is 0 Å². The largest absolute Gasteiger partial charge is 0.465 e. The van der Waals surface area contributed by atoms with E-state index >= 15 is 0 Å². The van der Waals surface area contributed by atoms with Gasteiger partial charge in [-0.15, -0.1) is 22.7 Å². The van der Waals surface area contributed by atoms with E-state index in [0.29, 0.717) is 17.1 Å². The number of halogens is 1. The third kappa shape index (κ3) is 3.71. The summed E-state index contributed by atoms with van der Waals surface area (Å²) in [5.74, 6) is -0.774. The second-order valence-corrected chi connectivity index (χ2v) is 10.1. The van der Waals surface area contributed by atoms with Gasteiger partial charge in [-0.3, -0.25) is 0 Å². The van der Waals surface area contributed by atoms with Gasteiger partial charge in [0.1, 0.15) is 10.7 Å². The molecule has 5 nitrogen and oxygen atoms in total. The van der Waals surface area contributed by atoms with E-state index in [4.69, 9.17) is 4.74 Å². The summed E-state index contributed by atoms with van der Waals surface area (Å²) in [7, 11) is 1.32. The topological polar surface area (TPSA) is 58.6 Å². The number of amides is 2. The van der Waals surface area contributed by atoms with Gasteiger partial charge in [0, 0.05) is 16.3 Å². The van der Waals surface area contributed by atoms with Gasteiger partial charge in [0.15, 0.2) is 0 Å². The summed E-state index contributed by atoms with van der Waals surface area (Å²) in [5, 5.41) is 4.66. The summed E-state index contributed by atoms with van der Waals surface area (Å²) in [5.41, 5.74) is 4.17. The monoisotopic (exact) mass is 470 g/mol. The molecule has 1 aromatic carbocycles. The first-order chi connectivity index (χ1) is 15.6. The second-order valence-electron chi connectivity index (χ2n) is 8.04. The van der Waals surface area contributed by atoms with Crippen molar-refractivity contribution in [3.05, 3.63) is 72.9 Å². The fourth-order valence-corrected chi connectivity index (χ4v) is 7.04. The number of carbonyl (C=O) groups is 2. The molecular formula is C24H23FN2O3S2. The van der Waals surface area contributed by atoms with E-state index in [0.717, 1.165) is 24.8 Å². The minimum absolute atomic E-state index is 0.278. The maximum absolute atomic E-state index is 13.7. The van der Waals surface area contributed by atoms with Crippen LogP contribution in [0.3, 0.4) is 0 Å². The van der Waals surface area contributed by atoms with Gasteiger partial charge in [-0.2, -0.15) is 0 Å². The molecule has 0 unspecified atom stereocenters. The van der Waals surface area contributed by atoms with Gasteiger partial charge in [0.05, 0.1) is 18.8 Å². The van der Waals surface area contributed by atoms with Crippen LogP contribution < -0.4 is 5.32 Å². The first kappa shape index (κ1) is 21.2. The number of fused-ring (bicyclic) bond motifs is 3. The van der Waals surface area contributed by atoms with Crippen LogP contribution >= 0.6 is 22.7 Å². The Labute approximate surface area is 193 Å². The normalized spacial score (nSPS) is 17.4. The molecule has 2 aromatic heterocycles. The molecule has 32 heavy (non-hydrogen) atoms. The molecule has 0 fully saturated rings. The lowest BCUT2D eigenvalue weighted by atomic mass is 9.88. The number of esters is 1. The summed E-state index contributed by atoms with van der Waals surface area (Å²) >= 11 is 3.03. The molecule has 1 N–H and O–H groups in total. The summed E-state index contributed by atoms with van der Waals surface area (Å²) in [6, 6.07) is 7.57. The van der Waals surface area contributed by atoms with Crippen LogP contribution in [-0.2, 0) is 24.0 Å². The Hall–Kier alpha value is -2.71. The van der Waals surface area contributed by atoms with Gasteiger partial charge < -0.3 is 15.0 Å². The number of methoxy groups -OCH3 is 1. The van der Waals surface area contributed by atoms with Gasteiger partial charge in [0.25, 0.3) is 0 Å². The van der Waals surface area contributed by atoms with Crippen molar-refractivity contribution in [3.8, 4) is 0 Å². The fourth-order valence-electron chi connectivity index (χ4n) is 4.69. The Kier molecular flexibility index (Phi) is 5.73. The van der Waals surface area contributed by atoms with E-state index in [1.54, 1.807) is 39.8 Å². The van der Waals surface area contributed by atoms with Crippen LogP contribution in [0.25, 0.3) is 0 Å². The standard InChI is InChI=1S/C24H23FN2O3S2/c1-30-23(28)22-18(11-13-31-22)26-24(29)27-12-10-17-16-4-2-3-5-19(16)32-21(17)20(27)14-6-8-15(25)9-7-14/h6-9,11,13,20H,2-5,10,12H2,1H3,(H,26,29)/t20-/m1/s1. The van der Waals surface area contributed by atoms with Crippen molar-refractivity contribution >= 4 is 40.4 Å². The molecule has 1 aliphatic heterocycles. The highest BCUT2D eigenvalue weighted by atomic mass is 32.1. The quantitative estimate of drug-likeness (QED) is 0.493. The first-order valence-corrected chi connectivity index (χ1v) is 12.4. The molecule has 0 radical (unpaired) electrons. The number of hydrogen-bond acceptors (Lipinski definition) is 5. The zero-order chi connectivity index (χ0) is 22.2. The predicted octanol–water partition coefficient (Wildman–Crippen LogP) is 5.79.